The van der Waals surface area contributed by atoms with Gasteiger partial charge in [-0.25, -0.2) is 9.67 Å². The zero-order valence-corrected chi connectivity index (χ0v) is 15.5. The van der Waals surface area contributed by atoms with Crippen LogP contribution in [-0.2, 0) is 32.8 Å². The predicted molar refractivity (Wildman–Crippen MR) is 99.0 cm³/mol. The lowest BCUT2D eigenvalue weighted by atomic mass is 10.1. The molecule has 2 aromatic heterocycles. The highest BCUT2D eigenvalue weighted by molar-refractivity contribution is 5.37. The number of aryl methyl sites for hydroxylation is 1. The largest absolute Gasteiger partial charge is 0.496 e. The highest BCUT2D eigenvalue weighted by atomic mass is 16.5. The van der Waals surface area contributed by atoms with Crippen LogP contribution >= 0.6 is 0 Å². The highest BCUT2D eigenvalue weighted by Crippen LogP contribution is 2.23. The molecule has 0 spiro atoms. The molecule has 0 bridgehead atoms. The van der Waals surface area contributed by atoms with E-state index in [0.29, 0.717) is 6.54 Å². The molecule has 1 aliphatic heterocycles. The van der Waals surface area contributed by atoms with Gasteiger partial charge in [-0.3, -0.25) is 9.58 Å². The number of methoxy groups -OCH3 is 1. The first-order chi connectivity index (χ1) is 13.2. The summed E-state index contributed by atoms with van der Waals surface area (Å²) in [6.45, 7) is 4.22. The first-order valence-electron chi connectivity index (χ1n) is 9.12. The van der Waals surface area contributed by atoms with Gasteiger partial charge in [-0.15, -0.1) is 0 Å². The monoisotopic (exact) mass is 368 g/mol. The van der Waals surface area contributed by atoms with E-state index in [0.717, 1.165) is 55.3 Å². The van der Waals surface area contributed by atoms with Crippen LogP contribution in [0.4, 0.5) is 0 Å². The first-order valence-corrected chi connectivity index (χ1v) is 9.12. The molecule has 0 radical (unpaired) electrons. The smallest absolute Gasteiger partial charge is 0.137 e. The topological polar surface area (TPSA) is 81.2 Å². The van der Waals surface area contributed by atoms with E-state index in [-0.39, 0.29) is 6.61 Å². The van der Waals surface area contributed by atoms with Crippen molar-refractivity contribution < 1.29 is 9.84 Å². The molecule has 27 heavy (non-hydrogen) atoms. The van der Waals surface area contributed by atoms with Crippen molar-refractivity contribution in [1.82, 2.24) is 29.4 Å². The van der Waals surface area contributed by atoms with Gasteiger partial charge in [0.15, 0.2) is 0 Å². The number of nitrogens with zero attached hydrogens (tertiary/aromatic N) is 6. The minimum atomic E-state index is -0.00980. The van der Waals surface area contributed by atoms with Gasteiger partial charge in [0.2, 0.25) is 0 Å². The van der Waals surface area contributed by atoms with Crippen molar-refractivity contribution in [3.8, 4) is 5.75 Å². The van der Waals surface area contributed by atoms with Gasteiger partial charge in [0.1, 0.15) is 18.4 Å². The summed E-state index contributed by atoms with van der Waals surface area (Å²) in [5.41, 5.74) is 4.23. The number of ether oxygens (including phenoxy) is 1. The third kappa shape index (κ3) is 4.01. The van der Waals surface area contributed by atoms with Gasteiger partial charge >= 0.3 is 0 Å². The van der Waals surface area contributed by atoms with Gasteiger partial charge < -0.3 is 9.84 Å². The van der Waals surface area contributed by atoms with Crippen molar-refractivity contribution in [3.63, 3.8) is 0 Å². The number of aliphatic hydroxyl groups is 1. The normalized spacial score (nSPS) is 14.7. The molecular formula is C19H24N6O2. The average molecular weight is 368 g/mol. The average Bonchev–Trinajstić information content (AvgIpc) is 3.28. The number of hydrogen-bond acceptors (Lipinski definition) is 6. The molecule has 1 aromatic carbocycles. The Bertz CT molecular complexity index is 890. The van der Waals surface area contributed by atoms with Gasteiger partial charge in [0.05, 0.1) is 31.6 Å². The molecule has 3 heterocycles. The van der Waals surface area contributed by atoms with Crippen molar-refractivity contribution in [2.24, 2.45) is 0 Å². The van der Waals surface area contributed by atoms with Crippen LogP contribution in [0.1, 0.15) is 28.9 Å². The standard InChI is InChI=1S/C19H24N6O2/c1-27-19-4-3-15(7-16(19)10-24-14-20-13-21-24)9-23-5-2-6-25-18(11-23)8-17(12-26)22-25/h3-4,7-8,13-14,26H,2,5-6,9-12H2,1H3. The molecule has 1 aliphatic rings. The van der Waals surface area contributed by atoms with E-state index < -0.39 is 0 Å². The Kier molecular flexibility index (Phi) is 5.17. The fourth-order valence-corrected chi connectivity index (χ4v) is 3.60. The predicted octanol–water partition coefficient (Wildman–Crippen LogP) is 1.43. The molecule has 3 aromatic rings. The van der Waals surface area contributed by atoms with E-state index in [1.54, 1.807) is 18.1 Å². The molecule has 8 nitrogen and oxygen atoms in total. The molecular weight excluding hydrogens is 344 g/mol. The Balaban J connectivity index is 1.51. The third-order valence-electron chi connectivity index (χ3n) is 4.86. The summed E-state index contributed by atoms with van der Waals surface area (Å²) in [5.74, 6) is 0.857. The lowest BCUT2D eigenvalue weighted by molar-refractivity contribution is 0.259. The zero-order valence-electron chi connectivity index (χ0n) is 15.5. The Labute approximate surface area is 158 Å². The van der Waals surface area contributed by atoms with Crippen LogP contribution in [0.25, 0.3) is 0 Å². The van der Waals surface area contributed by atoms with E-state index in [4.69, 9.17) is 4.74 Å². The number of aliphatic hydroxyl groups excluding tert-OH is 1. The summed E-state index contributed by atoms with van der Waals surface area (Å²) in [7, 11) is 1.69. The molecule has 0 unspecified atom stereocenters. The van der Waals surface area contributed by atoms with Crippen LogP contribution in [0.3, 0.4) is 0 Å². The number of hydrogen-bond donors (Lipinski definition) is 1. The van der Waals surface area contributed by atoms with Crippen LogP contribution in [0.2, 0.25) is 0 Å². The fraction of sp³-hybridized carbons (Fsp3) is 0.421. The summed E-state index contributed by atoms with van der Waals surface area (Å²) < 4.78 is 9.33. The molecule has 0 atom stereocenters. The highest BCUT2D eigenvalue weighted by Gasteiger charge is 2.17. The molecule has 0 aliphatic carbocycles. The summed E-state index contributed by atoms with van der Waals surface area (Å²) in [6.07, 6.45) is 4.29. The van der Waals surface area contributed by atoms with Gasteiger partial charge in [-0.1, -0.05) is 6.07 Å². The SMILES string of the molecule is COc1ccc(CN2CCCn3nc(CO)cc3C2)cc1Cn1cncn1. The Morgan fingerprint density at radius 1 is 1.19 bits per heavy atom. The Morgan fingerprint density at radius 3 is 2.89 bits per heavy atom. The van der Waals surface area contributed by atoms with Crippen LogP contribution in [-0.4, -0.2) is 48.2 Å². The van der Waals surface area contributed by atoms with E-state index in [2.05, 4.69) is 32.2 Å². The maximum absolute atomic E-state index is 9.33. The summed E-state index contributed by atoms with van der Waals surface area (Å²) in [6, 6.07) is 8.32. The van der Waals surface area contributed by atoms with E-state index >= 15 is 0 Å². The second kappa shape index (κ2) is 7.89. The summed E-state index contributed by atoms with van der Waals surface area (Å²) in [4.78, 5) is 6.43. The van der Waals surface area contributed by atoms with E-state index in [1.807, 2.05) is 16.8 Å². The van der Waals surface area contributed by atoms with Crippen molar-refractivity contribution in [2.75, 3.05) is 13.7 Å². The second-order valence-electron chi connectivity index (χ2n) is 6.81. The minimum absolute atomic E-state index is 0.00980. The maximum atomic E-state index is 9.33. The number of aromatic nitrogens is 5. The fourth-order valence-electron chi connectivity index (χ4n) is 3.60. The molecule has 0 saturated carbocycles. The minimum Gasteiger partial charge on any atom is -0.496 e. The summed E-state index contributed by atoms with van der Waals surface area (Å²) >= 11 is 0. The zero-order chi connectivity index (χ0) is 18.6. The Morgan fingerprint density at radius 2 is 2.11 bits per heavy atom. The molecule has 1 N–H and O–H groups in total. The molecule has 142 valence electrons. The van der Waals surface area contributed by atoms with Crippen LogP contribution in [0, 0.1) is 0 Å². The maximum Gasteiger partial charge on any atom is 0.137 e. The first kappa shape index (κ1) is 17.7. The van der Waals surface area contributed by atoms with Crippen LogP contribution < -0.4 is 4.74 Å². The third-order valence-corrected chi connectivity index (χ3v) is 4.86. The number of benzene rings is 1. The lowest BCUT2D eigenvalue weighted by Crippen LogP contribution is -2.23. The van der Waals surface area contributed by atoms with E-state index in [1.165, 1.54) is 11.9 Å². The quantitative estimate of drug-likeness (QED) is 0.709. The van der Waals surface area contributed by atoms with E-state index in [9.17, 15) is 5.11 Å². The van der Waals surface area contributed by atoms with Gasteiger partial charge in [-0.2, -0.15) is 10.2 Å². The number of fused-ring (bicyclic) bond motifs is 1. The molecule has 4 rings (SSSR count). The van der Waals surface area contributed by atoms with Gasteiger partial charge in [0, 0.05) is 31.7 Å². The summed E-state index contributed by atoms with van der Waals surface area (Å²) in [5, 5.41) is 18.0. The lowest BCUT2D eigenvalue weighted by Gasteiger charge is -2.20. The molecule has 0 fully saturated rings. The van der Waals surface area contributed by atoms with Gasteiger partial charge in [0.25, 0.3) is 0 Å². The van der Waals surface area contributed by atoms with Gasteiger partial charge in [-0.05, 0) is 30.2 Å². The number of rotatable bonds is 6. The van der Waals surface area contributed by atoms with Crippen molar-refractivity contribution in [2.45, 2.75) is 39.2 Å². The van der Waals surface area contributed by atoms with Crippen molar-refractivity contribution in [3.05, 3.63) is 59.4 Å². The molecule has 0 saturated heterocycles. The van der Waals surface area contributed by atoms with Crippen molar-refractivity contribution in [1.29, 1.82) is 0 Å². The van der Waals surface area contributed by atoms with Crippen molar-refractivity contribution >= 4 is 0 Å². The van der Waals surface area contributed by atoms with Crippen LogP contribution in [0.15, 0.2) is 36.9 Å². The van der Waals surface area contributed by atoms with Crippen LogP contribution in [0.5, 0.6) is 5.75 Å². The Hall–Kier alpha value is -2.71. The second-order valence-corrected chi connectivity index (χ2v) is 6.81. The molecule has 8 heteroatoms. The molecule has 0 amide bonds.